The van der Waals surface area contributed by atoms with Crippen LogP contribution in [0.1, 0.15) is 35.1 Å². The Morgan fingerprint density at radius 3 is 2.43 bits per heavy atom. The van der Waals surface area contributed by atoms with Crippen LogP contribution < -0.4 is 29.4 Å². The highest BCUT2D eigenvalue weighted by atomic mass is 16.6. The number of benzene rings is 3. The second-order valence-electron chi connectivity index (χ2n) is 8.55. The lowest BCUT2D eigenvalue weighted by Gasteiger charge is -2.27. The van der Waals surface area contributed by atoms with E-state index in [1.165, 1.54) is 0 Å². The third-order valence-electron chi connectivity index (χ3n) is 5.79. The molecule has 0 bridgehead atoms. The fraction of sp³-hybridized carbons (Fsp3) is 0.241. The third kappa shape index (κ3) is 5.62. The molecular formula is C29H28N2O6. The molecule has 190 valence electrons. The number of methoxy groups -OCH3 is 1. The average Bonchev–Trinajstić information content (AvgIpc) is 2.86. The summed E-state index contributed by atoms with van der Waals surface area (Å²) in [6.45, 7) is 6.04. The fourth-order valence-corrected chi connectivity index (χ4v) is 4.30. The van der Waals surface area contributed by atoms with E-state index in [-0.39, 0.29) is 23.8 Å². The lowest BCUT2D eigenvalue weighted by atomic mass is 9.83. The maximum atomic E-state index is 12.4. The first-order valence-electron chi connectivity index (χ1n) is 11.8. The summed E-state index contributed by atoms with van der Waals surface area (Å²) in [5, 5.41) is 9.84. The summed E-state index contributed by atoms with van der Waals surface area (Å²) < 4.78 is 27.9. The molecule has 0 spiro atoms. The highest BCUT2D eigenvalue weighted by Crippen LogP contribution is 2.45. The van der Waals surface area contributed by atoms with Crippen molar-refractivity contribution in [1.29, 1.82) is 5.26 Å². The first-order chi connectivity index (χ1) is 17.8. The molecule has 0 saturated carbocycles. The van der Waals surface area contributed by atoms with Crippen LogP contribution in [0.25, 0.3) is 0 Å². The molecule has 4 rings (SSSR count). The number of carbonyl (C=O) groups excluding carboxylic acids is 1. The quantitative estimate of drug-likeness (QED) is 0.343. The van der Waals surface area contributed by atoms with Crippen LogP contribution in [0.2, 0.25) is 0 Å². The monoisotopic (exact) mass is 500 g/mol. The minimum Gasteiger partial charge on any atom is -0.493 e. The van der Waals surface area contributed by atoms with E-state index >= 15 is 0 Å². The Morgan fingerprint density at radius 2 is 1.76 bits per heavy atom. The second kappa shape index (κ2) is 11.0. The number of fused-ring (bicyclic) bond motifs is 1. The second-order valence-corrected chi connectivity index (χ2v) is 8.55. The number of nitrogens with zero attached hydrogens (tertiary/aromatic N) is 1. The van der Waals surface area contributed by atoms with Crippen LogP contribution in [0, 0.1) is 25.2 Å². The molecule has 37 heavy (non-hydrogen) atoms. The first-order valence-corrected chi connectivity index (χ1v) is 11.8. The first kappa shape index (κ1) is 25.5. The molecule has 1 atom stereocenters. The number of rotatable bonds is 8. The zero-order chi connectivity index (χ0) is 26.5. The number of hydrogen-bond acceptors (Lipinski definition) is 8. The summed E-state index contributed by atoms with van der Waals surface area (Å²) in [5.41, 5.74) is 9.94. The number of esters is 1. The van der Waals surface area contributed by atoms with E-state index in [1.807, 2.05) is 51.1 Å². The fourth-order valence-electron chi connectivity index (χ4n) is 4.30. The number of nitrogens with two attached hydrogens (primary N) is 1. The van der Waals surface area contributed by atoms with E-state index < -0.39 is 11.9 Å². The van der Waals surface area contributed by atoms with Crippen LogP contribution in [-0.2, 0) is 4.79 Å². The lowest BCUT2D eigenvalue weighted by molar-refractivity contribution is -0.136. The maximum absolute atomic E-state index is 12.4. The van der Waals surface area contributed by atoms with Crippen LogP contribution in [0.4, 0.5) is 0 Å². The van der Waals surface area contributed by atoms with Gasteiger partial charge >= 0.3 is 5.97 Å². The van der Waals surface area contributed by atoms with Gasteiger partial charge in [-0.15, -0.1) is 0 Å². The number of carbonyl (C=O) groups is 1. The standard InChI is InChI=1S/C29H28N2O6/c1-5-34-24-9-6-19(13-26(24)33-4)28-22-8-7-20(14-25(22)37-29(31)23(28)15-30)36-27(32)16-35-21-11-17(2)10-18(3)12-21/h6-14,28H,5,16,31H2,1-4H3. The Bertz CT molecular complexity index is 1390. The molecule has 3 aromatic rings. The molecule has 2 N–H and O–H groups in total. The Labute approximate surface area is 215 Å². The molecule has 0 fully saturated rings. The lowest BCUT2D eigenvalue weighted by Crippen LogP contribution is -2.22. The van der Waals surface area contributed by atoms with E-state index in [0.717, 1.165) is 16.7 Å². The van der Waals surface area contributed by atoms with Crippen molar-refractivity contribution >= 4 is 5.97 Å². The zero-order valence-electron chi connectivity index (χ0n) is 21.2. The summed E-state index contributed by atoms with van der Waals surface area (Å²) >= 11 is 0. The number of aryl methyl sites for hydroxylation is 2. The largest absolute Gasteiger partial charge is 0.493 e. The molecule has 0 amide bonds. The van der Waals surface area contributed by atoms with Crippen molar-refractivity contribution in [3.05, 3.63) is 88.3 Å². The maximum Gasteiger partial charge on any atom is 0.349 e. The number of allylic oxidation sites excluding steroid dienone is 1. The van der Waals surface area contributed by atoms with Gasteiger partial charge in [0, 0.05) is 11.6 Å². The molecule has 8 nitrogen and oxygen atoms in total. The molecule has 0 saturated heterocycles. The molecule has 3 aromatic carbocycles. The summed E-state index contributed by atoms with van der Waals surface area (Å²) in [4.78, 5) is 12.4. The number of nitriles is 1. The summed E-state index contributed by atoms with van der Waals surface area (Å²) in [6, 6.07) is 18.3. The highest BCUT2D eigenvalue weighted by Gasteiger charge is 2.31. The van der Waals surface area contributed by atoms with Gasteiger partial charge in [0.1, 0.15) is 28.9 Å². The highest BCUT2D eigenvalue weighted by molar-refractivity contribution is 5.74. The molecule has 1 unspecified atom stereocenters. The minimum atomic E-state index is -0.566. The van der Waals surface area contributed by atoms with Crippen LogP contribution >= 0.6 is 0 Å². The van der Waals surface area contributed by atoms with Crippen molar-refractivity contribution in [1.82, 2.24) is 0 Å². The molecule has 1 heterocycles. The Kier molecular flexibility index (Phi) is 7.54. The average molecular weight is 501 g/mol. The van der Waals surface area contributed by atoms with Crippen molar-refractivity contribution < 1.29 is 28.5 Å². The topological polar surface area (TPSA) is 113 Å². The Balaban J connectivity index is 1.57. The van der Waals surface area contributed by atoms with Crippen molar-refractivity contribution in [2.75, 3.05) is 20.3 Å². The molecule has 1 aliphatic heterocycles. The van der Waals surface area contributed by atoms with Gasteiger partial charge < -0.3 is 29.4 Å². The van der Waals surface area contributed by atoms with E-state index in [4.69, 9.17) is 29.4 Å². The van der Waals surface area contributed by atoms with E-state index in [9.17, 15) is 10.1 Å². The molecule has 8 heteroatoms. The van der Waals surface area contributed by atoms with Gasteiger partial charge in [-0.3, -0.25) is 0 Å². The van der Waals surface area contributed by atoms with Gasteiger partial charge in [-0.25, -0.2) is 4.79 Å². The Hall–Kier alpha value is -4.64. The SMILES string of the molecule is CCOc1ccc(C2C(C#N)=C(N)Oc3cc(OC(=O)COc4cc(C)cc(C)c4)ccc32)cc1OC. The van der Waals surface area contributed by atoms with E-state index in [2.05, 4.69) is 6.07 Å². The molecule has 1 aliphatic rings. The van der Waals surface area contributed by atoms with Gasteiger partial charge in [0.25, 0.3) is 0 Å². The summed E-state index contributed by atoms with van der Waals surface area (Å²) in [6.07, 6.45) is 0. The zero-order valence-corrected chi connectivity index (χ0v) is 21.2. The van der Waals surface area contributed by atoms with Crippen molar-refractivity contribution in [2.45, 2.75) is 26.7 Å². The van der Waals surface area contributed by atoms with Gasteiger partial charge in [-0.1, -0.05) is 18.2 Å². The smallest absolute Gasteiger partial charge is 0.349 e. The normalized spacial score (nSPS) is 14.2. The number of hydrogen-bond donors (Lipinski definition) is 1. The van der Waals surface area contributed by atoms with Gasteiger partial charge in [-0.05, 0) is 67.8 Å². The summed E-state index contributed by atoms with van der Waals surface area (Å²) in [5.74, 6) is 1.30. The summed E-state index contributed by atoms with van der Waals surface area (Å²) in [7, 11) is 1.55. The van der Waals surface area contributed by atoms with Crippen molar-refractivity contribution in [3.63, 3.8) is 0 Å². The third-order valence-corrected chi connectivity index (χ3v) is 5.79. The minimum absolute atomic E-state index is 0.0190. The van der Waals surface area contributed by atoms with Crippen molar-refractivity contribution in [3.8, 4) is 34.8 Å². The van der Waals surface area contributed by atoms with E-state index in [0.29, 0.717) is 35.2 Å². The number of ether oxygens (including phenoxy) is 5. The van der Waals surface area contributed by atoms with Gasteiger partial charge in [-0.2, -0.15) is 5.26 Å². The van der Waals surface area contributed by atoms with Gasteiger partial charge in [0.15, 0.2) is 18.1 Å². The van der Waals surface area contributed by atoms with Gasteiger partial charge in [0.05, 0.1) is 19.6 Å². The molecule has 0 radical (unpaired) electrons. The molecule has 0 aromatic heterocycles. The van der Waals surface area contributed by atoms with Crippen LogP contribution in [-0.4, -0.2) is 26.3 Å². The van der Waals surface area contributed by atoms with Gasteiger partial charge in [0.2, 0.25) is 5.88 Å². The molecule has 0 aliphatic carbocycles. The van der Waals surface area contributed by atoms with Crippen LogP contribution in [0.3, 0.4) is 0 Å². The van der Waals surface area contributed by atoms with Crippen LogP contribution in [0.15, 0.2) is 66.1 Å². The predicted octanol–water partition coefficient (Wildman–Crippen LogP) is 4.91. The predicted molar refractivity (Wildman–Crippen MR) is 137 cm³/mol. The van der Waals surface area contributed by atoms with Crippen molar-refractivity contribution in [2.24, 2.45) is 5.73 Å². The van der Waals surface area contributed by atoms with E-state index in [1.54, 1.807) is 31.4 Å². The Morgan fingerprint density at radius 1 is 1.00 bits per heavy atom. The molecular weight excluding hydrogens is 472 g/mol. The van der Waals surface area contributed by atoms with Crippen LogP contribution in [0.5, 0.6) is 28.7 Å².